The summed E-state index contributed by atoms with van der Waals surface area (Å²) in [5.41, 5.74) is 1.36. The highest BCUT2D eigenvalue weighted by Crippen LogP contribution is 2.70. The molecule has 0 saturated carbocycles. The molecule has 0 bridgehead atoms. The minimum atomic E-state index is -2.09. The molecule has 0 spiro atoms. The molecule has 70 valence electrons. The van der Waals surface area contributed by atoms with Crippen molar-refractivity contribution in [2.24, 2.45) is 5.41 Å². The monoisotopic (exact) mass is 186 g/mol. The Bertz CT molecular complexity index is 284. The van der Waals surface area contributed by atoms with E-state index in [4.69, 9.17) is 0 Å². The fraction of sp³-hybridized carbons (Fsp3) is 0.800. The van der Waals surface area contributed by atoms with Crippen molar-refractivity contribution in [1.82, 2.24) is 0 Å². The van der Waals surface area contributed by atoms with Crippen LogP contribution >= 0.6 is 7.14 Å². The van der Waals surface area contributed by atoms with Gasteiger partial charge in [0.2, 0.25) is 0 Å². The average molecular weight is 186 g/mol. The minimum absolute atomic E-state index is 0.0793. The zero-order valence-electron chi connectivity index (χ0n) is 8.93. The van der Waals surface area contributed by atoms with Crippen LogP contribution in [0.15, 0.2) is 11.4 Å². The lowest BCUT2D eigenvalue weighted by Gasteiger charge is -2.39. The van der Waals surface area contributed by atoms with Gasteiger partial charge in [-0.05, 0) is 24.8 Å². The Hall–Kier alpha value is -0.0300. The fourth-order valence-electron chi connectivity index (χ4n) is 1.73. The topological polar surface area (TPSA) is 17.1 Å². The Labute approximate surface area is 75.6 Å². The van der Waals surface area contributed by atoms with E-state index in [0.29, 0.717) is 0 Å². The Morgan fingerprint density at radius 1 is 1.25 bits per heavy atom. The number of allylic oxidation sites excluding steroid dienone is 1. The van der Waals surface area contributed by atoms with Crippen molar-refractivity contribution in [3.63, 3.8) is 0 Å². The summed E-state index contributed by atoms with van der Waals surface area (Å²) in [6.45, 7) is 12.6. The maximum absolute atomic E-state index is 12.2. The normalized spacial score (nSPS) is 38.0. The summed E-state index contributed by atoms with van der Waals surface area (Å²) in [4.78, 5) is 0. The van der Waals surface area contributed by atoms with Gasteiger partial charge in [0.25, 0.3) is 0 Å². The van der Waals surface area contributed by atoms with E-state index in [2.05, 4.69) is 34.6 Å². The lowest BCUT2D eigenvalue weighted by atomic mass is 9.75. The van der Waals surface area contributed by atoms with Gasteiger partial charge in [0.05, 0.1) is 0 Å². The van der Waals surface area contributed by atoms with E-state index in [-0.39, 0.29) is 10.6 Å². The summed E-state index contributed by atoms with van der Waals surface area (Å²) in [5, 5.41) is -0.0793. The van der Waals surface area contributed by atoms with Crippen molar-refractivity contribution < 1.29 is 4.57 Å². The molecule has 0 saturated heterocycles. The molecule has 0 radical (unpaired) electrons. The van der Waals surface area contributed by atoms with Crippen LogP contribution in [0.2, 0.25) is 0 Å². The van der Waals surface area contributed by atoms with E-state index in [1.165, 1.54) is 5.57 Å². The SMILES string of the molecule is CC1=CP(C)(=O)C(C)(C)C1(C)C. The van der Waals surface area contributed by atoms with Gasteiger partial charge in [-0.25, -0.2) is 0 Å². The molecule has 0 aromatic carbocycles. The van der Waals surface area contributed by atoms with Crippen molar-refractivity contribution in [3.05, 3.63) is 11.4 Å². The van der Waals surface area contributed by atoms with Crippen LogP contribution in [0.3, 0.4) is 0 Å². The zero-order valence-corrected chi connectivity index (χ0v) is 9.83. The van der Waals surface area contributed by atoms with E-state index < -0.39 is 7.14 Å². The van der Waals surface area contributed by atoms with Crippen LogP contribution < -0.4 is 0 Å². The second-order valence-corrected chi connectivity index (χ2v) is 8.34. The van der Waals surface area contributed by atoms with Gasteiger partial charge in [-0.2, -0.15) is 0 Å². The highest BCUT2D eigenvalue weighted by Gasteiger charge is 2.52. The number of hydrogen-bond acceptors (Lipinski definition) is 1. The molecule has 1 rings (SSSR count). The van der Waals surface area contributed by atoms with Crippen molar-refractivity contribution in [2.45, 2.75) is 39.8 Å². The van der Waals surface area contributed by atoms with Gasteiger partial charge in [-0.15, -0.1) is 0 Å². The lowest BCUT2D eigenvalue weighted by molar-refractivity contribution is 0.341. The van der Waals surface area contributed by atoms with Gasteiger partial charge in [0.15, 0.2) is 0 Å². The summed E-state index contributed by atoms with van der Waals surface area (Å²) in [5.74, 6) is 1.99. The molecule has 0 aliphatic carbocycles. The first-order chi connectivity index (χ1) is 5.13. The molecule has 12 heavy (non-hydrogen) atoms. The molecule has 0 aromatic heterocycles. The molecule has 1 aliphatic rings. The molecule has 1 nitrogen and oxygen atoms in total. The first-order valence-electron chi connectivity index (χ1n) is 4.40. The van der Waals surface area contributed by atoms with Crippen LogP contribution in [0.5, 0.6) is 0 Å². The third-order valence-electron chi connectivity index (χ3n) is 4.07. The van der Waals surface area contributed by atoms with Crippen molar-refractivity contribution in [1.29, 1.82) is 0 Å². The molecule has 0 aromatic rings. The standard InChI is InChI=1S/C10H19OP/c1-8-7-12(6,11)10(4,5)9(8,2)3/h7H,1-6H3. The third kappa shape index (κ3) is 0.956. The zero-order chi connectivity index (χ0) is 9.78. The van der Waals surface area contributed by atoms with Gasteiger partial charge >= 0.3 is 0 Å². The van der Waals surface area contributed by atoms with E-state index in [1.807, 2.05) is 12.5 Å². The Kier molecular flexibility index (Phi) is 1.89. The predicted octanol–water partition coefficient (Wildman–Crippen LogP) is 3.70. The summed E-state index contributed by atoms with van der Waals surface area (Å²) < 4.78 is 12.2. The van der Waals surface area contributed by atoms with Crippen molar-refractivity contribution in [2.75, 3.05) is 6.66 Å². The van der Waals surface area contributed by atoms with Gasteiger partial charge in [-0.1, -0.05) is 33.3 Å². The molecular formula is C10H19OP. The number of hydrogen-bond donors (Lipinski definition) is 0. The fourth-order valence-corrected chi connectivity index (χ4v) is 4.40. The smallest absolute Gasteiger partial charge is 0.111 e. The summed E-state index contributed by atoms with van der Waals surface area (Å²) in [6, 6.07) is 0. The molecule has 0 fully saturated rings. The largest absolute Gasteiger partial charge is 0.319 e. The Morgan fingerprint density at radius 2 is 1.67 bits per heavy atom. The van der Waals surface area contributed by atoms with E-state index in [9.17, 15) is 4.57 Å². The molecule has 0 amide bonds. The van der Waals surface area contributed by atoms with Crippen molar-refractivity contribution in [3.8, 4) is 0 Å². The summed E-state index contributed by atoms with van der Waals surface area (Å²) >= 11 is 0. The third-order valence-corrected chi connectivity index (χ3v) is 7.72. The van der Waals surface area contributed by atoms with Gasteiger partial charge in [0, 0.05) is 5.16 Å². The van der Waals surface area contributed by atoms with Gasteiger partial charge in [-0.3, -0.25) is 0 Å². The van der Waals surface area contributed by atoms with Crippen LogP contribution in [-0.2, 0) is 4.57 Å². The van der Waals surface area contributed by atoms with Gasteiger partial charge < -0.3 is 4.57 Å². The molecule has 1 atom stereocenters. The summed E-state index contributed by atoms with van der Waals surface area (Å²) in [6.07, 6.45) is 0. The molecule has 2 heteroatoms. The Balaban J connectivity index is 3.32. The van der Waals surface area contributed by atoms with Crippen LogP contribution in [0.1, 0.15) is 34.6 Å². The summed E-state index contributed by atoms with van der Waals surface area (Å²) in [7, 11) is -2.09. The maximum Gasteiger partial charge on any atom is 0.111 e. The second-order valence-electron chi connectivity index (χ2n) is 4.99. The second kappa shape index (κ2) is 2.26. The molecule has 1 unspecified atom stereocenters. The first-order valence-corrected chi connectivity index (χ1v) is 6.62. The number of rotatable bonds is 0. The van der Waals surface area contributed by atoms with Crippen LogP contribution in [0, 0.1) is 5.41 Å². The van der Waals surface area contributed by atoms with Gasteiger partial charge in [0.1, 0.15) is 7.14 Å². The molecule has 1 heterocycles. The van der Waals surface area contributed by atoms with Crippen molar-refractivity contribution >= 4 is 7.14 Å². The highest BCUT2D eigenvalue weighted by atomic mass is 31.2. The Morgan fingerprint density at radius 3 is 1.75 bits per heavy atom. The quantitative estimate of drug-likeness (QED) is 0.527. The van der Waals surface area contributed by atoms with Crippen LogP contribution in [-0.4, -0.2) is 11.8 Å². The predicted molar refractivity (Wildman–Crippen MR) is 55.1 cm³/mol. The lowest BCUT2D eigenvalue weighted by Crippen LogP contribution is -2.35. The maximum atomic E-state index is 12.2. The van der Waals surface area contributed by atoms with E-state index in [1.54, 1.807) is 0 Å². The minimum Gasteiger partial charge on any atom is -0.319 e. The van der Waals surface area contributed by atoms with E-state index >= 15 is 0 Å². The average Bonchev–Trinajstić information content (AvgIpc) is 1.92. The molecule has 0 N–H and O–H groups in total. The van der Waals surface area contributed by atoms with E-state index in [0.717, 1.165) is 0 Å². The first kappa shape index (κ1) is 10.1. The molecule has 1 aliphatic heterocycles. The van der Waals surface area contributed by atoms with Crippen LogP contribution in [0.25, 0.3) is 0 Å². The highest BCUT2D eigenvalue weighted by molar-refractivity contribution is 7.68. The van der Waals surface area contributed by atoms with Crippen LogP contribution in [0.4, 0.5) is 0 Å². The molecular weight excluding hydrogens is 167 g/mol.